The number of halogens is 1. The zero-order chi connectivity index (χ0) is 9.97. The Hall–Kier alpha value is -1.39. The van der Waals surface area contributed by atoms with Crippen LogP contribution in [0.1, 0.15) is 5.56 Å². The number of H-pyrrole nitrogens is 1. The fourth-order valence-corrected chi connectivity index (χ4v) is 1.43. The lowest BCUT2D eigenvalue weighted by molar-refractivity contribution is 0.0860. The number of hydrogen-bond acceptors (Lipinski definition) is 2. The third-order valence-electron chi connectivity index (χ3n) is 2.16. The Labute approximate surface area is 80.8 Å². The molecular formula is C10H11FN2O. The number of aromatic amines is 1. The first-order valence-electron chi connectivity index (χ1n) is 4.33. The van der Waals surface area contributed by atoms with Crippen LogP contribution in [0.2, 0.25) is 0 Å². The molecule has 0 spiro atoms. The summed E-state index contributed by atoms with van der Waals surface area (Å²) in [5, 5.41) is 0.611. The monoisotopic (exact) mass is 194 g/mol. The van der Waals surface area contributed by atoms with Gasteiger partial charge in [-0.25, -0.2) is 4.39 Å². The summed E-state index contributed by atoms with van der Waals surface area (Å²) in [5.41, 5.74) is 4.02. The van der Waals surface area contributed by atoms with Gasteiger partial charge in [0.1, 0.15) is 5.82 Å². The minimum absolute atomic E-state index is 0.201. The highest BCUT2D eigenvalue weighted by Crippen LogP contribution is 2.19. The van der Waals surface area contributed by atoms with Crippen LogP contribution in [-0.4, -0.2) is 12.1 Å². The second kappa shape index (κ2) is 3.77. The summed E-state index contributed by atoms with van der Waals surface area (Å²) >= 11 is 0. The molecule has 0 atom stereocenters. The Balaban J connectivity index is 2.40. The van der Waals surface area contributed by atoms with E-state index in [-0.39, 0.29) is 5.82 Å². The van der Waals surface area contributed by atoms with Gasteiger partial charge in [0, 0.05) is 29.2 Å². The van der Waals surface area contributed by atoms with Crippen LogP contribution in [0.3, 0.4) is 0 Å². The maximum atomic E-state index is 13.7. The predicted octanol–water partition coefficient (Wildman–Crippen LogP) is 1.96. The highest BCUT2D eigenvalue weighted by atomic mass is 19.1. The van der Waals surface area contributed by atoms with Crippen LogP contribution in [-0.2, 0) is 11.4 Å². The summed E-state index contributed by atoms with van der Waals surface area (Å²) in [5.74, 6) is -0.201. The van der Waals surface area contributed by atoms with Crippen LogP contribution in [0.15, 0.2) is 24.4 Å². The molecule has 2 aromatic rings. The van der Waals surface area contributed by atoms with Gasteiger partial charge >= 0.3 is 0 Å². The smallest absolute Gasteiger partial charge is 0.137 e. The molecule has 0 radical (unpaired) electrons. The molecule has 74 valence electrons. The van der Waals surface area contributed by atoms with Gasteiger partial charge in [-0.3, -0.25) is 0 Å². The van der Waals surface area contributed by atoms with Gasteiger partial charge in [0.05, 0.1) is 7.11 Å². The van der Waals surface area contributed by atoms with E-state index >= 15 is 0 Å². The van der Waals surface area contributed by atoms with Crippen molar-refractivity contribution in [3.63, 3.8) is 0 Å². The summed E-state index contributed by atoms with van der Waals surface area (Å²) in [7, 11) is 1.51. The SMILES string of the molecule is CONCc1ccc2[nH]ccc2c1F. The number of fused-ring (bicyclic) bond motifs is 1. The van der Waals surface area contributed by atoms with Crippen LogP contribution in [0.4, 0.5) is 4.39 Å². The zero-order valence-electron chi connectivity index (χ0n) is 7.80. The Bertz CT molecular complexity index is 439. The molecule has 0 aliphatic rings. The first-order valence-corrected chi connectivity index (χ1v) is 4.33. The fraction of sp³-hybridized carbons (Fsp3) is 0.200. The van der Waals surface area contributed by atoms with Crippen LogP contribution < -0.4 is 5.48 Å². The molecule has 0 amide bonds. The summed E-state index contributed by atoms with van der Waals surface area (Å²) in [6.45, 7) is 0.365. The van der Waals surface area contributed by atoms with Gasteiger partial charge in [-0.2, -0.15) is 5.48 Å². The van der Waals surface area contributed by atoms with Gasteiger partial charge in [-0.1, -0.05) is 6.07 Å². The lowest BCUT2D eigenvalue weighted by atomic mass is 10.1. The molecule has 2 N–H and O–H groups in total. The van der Waals surface area contributed by atoms with Gasteiger partial charge in [0.25, 0.3) is 0 Å². The molecule has 1 aromatic carbocycles. The van der Waals surface area contributed by atoms with E-state index in [0.29, 0.717) is 17.5 Å². The molecule has 2 rings (SSSR count). The van der Waals surface area contributed by atoms with E-state index in [1.807, 2.05) is 6.07 Å². The molecular weight excluding hydrogens is 183 g/mol. The third kappa shape index (κ3) is 1.49. The van der Waals surface area contributed by atoms with Crippen molar-refractivity contribution in [2.24, 2.45) is 0 Å². The Kier molecular flexibility index (Phi) is 2.47. The molecule has 4 heteroatoms. The first-order chi connectivity index (χ1) is 6.83. The second-order valence-electron chi connectivity index (χ2n) is 3.00. The summed E-state index contributed by atoms with van der Waals surface area (Å²) in [6.07, 6.45) is 1.72. The molecule has 0 bridgehead atoms. The zero-order valence-corrected chi connectivity index (χ0v) is 7.80. The van der Waals surface area contributed by atoms with Gasteiger partial charge in [-0.05, 0) is 12.1 Å². The van der Waals surface area contributed by atoms with Crippen molar-refractivity contribution < 1.29 is 9.23 Å². The van der Waals surface area contributed by atoms with Crippen LogP contribution in [0.25, 0.3) is 10.9 Å². The van der Waals surface area contributed by atoms with Crippen molar-refractivity contribution in [2.45, 2.75) is 6.54 Å². The second-order valence-corrected chi connectivity index (χ2v) is 3.00. The first kappa shape index (κ1) is 9.18. The minimum Gasteiger partial charge on any atom is -0.361 e. The van der Waals surface area contributed by atoms with E-state index in [1.54, 1.807) is 18.3 Å². The number of nitrogens with one attached hydrogen (secondary N) is 2. The van der Waals surface area contributed by atoms with Gasteiger partial charge in [0.2, 0.25) is 0 Å². The van der Waals surface area contributed by atoms with Crippen LogP contribution in [0, 0.1) is 5.82 Å². The lowest BCUT2D eigenvalue weighted by Crippen LogP contribution is -2.11. The van der Waals surface area contributed by atoms with Crippen molar-refractivity contribution in [1.82, 2.24) is 10.5 Å². The molecule has 0 unspecified atom stereocenters. The molecule has 0 saturated carbocycles. The lowest BCUT2D eigenvalue weighted by Gasteiger charge is -2.04. The van der Waals surface area contributed by atoms with Crippen molar-refractivity contribution in [3.8, 4) is 0 Å². The average molecular weight is 194 g/mol. The van der Waals surface area contributed by atoms with Crippen molar-refractivity contribution in [2.75, 3.05) is 7.11 Å². The Morgan fingerprint density at radius 3 is 3.07 bits per heavy atom. The normalized spacial score (nSPS) is 11.0. The summed E-state index contributed by atoms with van der Waals surface area (Å²) < 4.78 is 13.7. The van der Waals surface area contributed by atoms with E-state index in [2.05, 4.69) is 15.3 Å². The summed E-state index contributed by atoms with van der Waals surface area (Å²) in [4.78, 5) is 7.62. The van der Waals surface area contributed by atoms with Crippen LogP contribution >= 0.6 is 0 Å². The molecule has 0 saturated heterocycles. The Morgan fingerprint density at radius 2 is 2.29 bits per heavy atom. The van der Waals surface area contributed by atoms with Crippen molar-refractivity contribution in [3.05, 3.63) is 35.8 Å². The standard InChI is InChI=1S/C10H11FN2O/c1-14-13-6-7-2-3-9-8(10(7)11)4-5-12-9/h2-5,12-13H,6H2,1H3. The van der Waals surface area contributed by atoms with Crippen molar-refractivity contribution >= 4 is 10.9 Å². The van der Waals surface area contributed by atoms with E-state index < -0.39 is 0 Å². The number of hydroxylamine groups is 1. The number of hydrogen-bond donors (Lipinski definition) is 2. The Morgan fingerprint density at radius 1 is 1.43 bits per heavy atom. The number of aromatic nitrogens is 1. The summed E-state index contributed by atoms with van der Waals surface area (Å²) in [6, 6.07) is 5.31. The van der Waals surface area contributed by atoms with Crippen LogP contribution in [0.5, 0.6) is 0 Å². The van der Waals surface area contributed by atoms with Gasteiger partial charge < -0.3 is 9.82 Å². The highest BCUT2D eigenvalue weighted by Gasteiger charge is 2.06. The number of benzene rings is 1. The molecule has 0 aliphatic heterocycles. The highest BCUT2D eigenvalue weighted by molar-refractivity contribution is 5.80. The minimum atomic E-state index is -0.201. The van der Waals surface area contributed by atoms with E-state index in [9.17, 15) is 4.39 Å². The quantitative estimate of drug-likeness (QED) is 0.733. The predicted molar refractivity (Wildman–Crippen MR) is 52.1 cm³/mol. The molecule has 3 nitrogen and oxygen atoms in total. The number of rotatable bonds is 3. The van der Waals surface area contributed by atoms with Gasteiger partial charge in [0.15, 0.2) is 0 Å². The molecule has 14 heavy (non-hydrogen) atoms. The average Bonchev–Trinajstić information content (AvgIpc) is 2.66. The van der Waals surface area contributed by atoms with Crippen molar-refractivity contribution in [1.29, 1.82) is 0 Å². The van der Waals surface area contributed by atoms with E-state index in [0.717, 1.165) is 5.52 Å². The molecule has 1 aromatic heterocycles. The molecule has 0 fully saturated rings. The largest absolute Gasteiger partial charge is 0.361 e. The maximum absolute atomic E-state index is 13.7. The third-order valence-corrected chi connectivity index (χ3v) is 2.16. The van der Waals surface area contributed by atoms with Gasteiger partial charge in [-0.15, -0.1) is 0 Å². The molecule has 0 aliphatic carbocycles. The van der Waals surface area contributed by atoms with E-state index in [4.69, 9.17) is 0 Å². The topological polar surface area (TPSA) is 37.0 Å². The maximum Gasteiger partial charge on any atom is 0.137 e. The van der Waals surface area contributed by atoms with E-state index in [1.165, 1.54) is 7.11 Å². The fourth-order valence-electron chi connectivity index (χ4n) is 1.43. The molecule has 1 heterocycles.